The number of thioether (sulfide) groups is 1. The molecule has 3 aromatic heterocycles. The number of aryl methyl sites for hydroxylation is 2. The SMILES string of the molecule is Cn1cnc2c1c(=O)n(CCCSc1nnc(-c3ccc(Cl)cc3)o1)c(=O)n2C. The maximum Gasteiger partial charge on any atom is 0.332 e. The molecule has 0 aliphatic rings. The Kier molecular flexibility index (Phi) is 5.29. The molecular formula is C18H17ClN6O3S. The van der Waals surface area contributed by atoms with Crippen molar-refractivity contribution >= 4 is 34.5 Å². The molecule has 3 heterocycles. The van der Waals surface area contributed by atoms with Crippen LogP contribution in [-0.4, -0.2) is 34.6 Å². The molecule has 4 aromatic rings. The van der Waals surface area contributed by atoms with E-state index in [4.69, 9.17) is 16.0 Å². The van der Waals surface area contributed by atoms with Gasteiger partial charge in [-0.3, -0.25) is 13.9 Å². The fraction of sp³-hybridized carbons (Fsp3) is 0.278. The second-order valence-corrected chi connectivity index (χ2v) is 7.89. The quantitative estimate of drug-likeness (QED) is 0.340. The minimum atomic E-state index is -0.381. The average Bonchev–Trinajstić information content (AvgIpc) is 3.33. The Hall–Kier alpha value is -2.85. The largest absolute Gasteiger partial charge is 0.411 e. The molecule has 4 rings (SSSR count). The van der Waals surface area contributed by atoms with E-state index in [1.54, 1.807) is 42.9 Å². The minimum absolute atomic E-state index is 0.289. The molecule has 0 fully saturated rings. The summed E-state index contributed by atoms with van der Waals surface area (Å²) in [7, 11) is 3.34. The first-order valence-corrected chi connectivity index (χ1v) is 10.1. The maximum atomic E-state index is 12.7. The van der Waals surface area contributed by atoms with Gasteiger partial charge in [0.25, 0.3) is 10.8 Å². The Morgan fingerprint density at radius 2 is 1.90 bits per heavy atom. The van der Waals surface area contributed by atoms with Gasteiger partial charge in [-0.05, 0) is 30.7 Å². The van der Waals surface area contributed by atoms with Crippen LogP contribution in [-0.2, 0) is 20.6 Å². The van der Waals surface area contributed by atoms with Gasteiger partial charge in [-0.25, -0.2) is 9.78 Å². The zero-order valence-electron chi connectivity index (χ0n) is 15.7. The summed E-state index contributed by atoms with van der Waals surface area (Å²) in [6, 6.07) is 7.12. The third-order valence-electron chi connectivity index (χ3n) is 4.45. The molecule has 0 aliphatic heterocycles. The molecule has 0 aliphatic carbocycles. The van der Waals surface area contributed by atoms with Crippen molar-refractivity contribution in [2.45, 2.75) is 18.2 Å². The van der Waals surface area contributed by atoms with E-state index in [-0.39, 0.29) is 17.8 Å². The molecule has 150 valence electrons. The summed E-state index contributed by atoms with van der Waals surface area (Å²) in [6.45, 7) is 0.289. The number of nitrogens with zero attached hydrogens (tertiary/aromatic N) is 6. The molecule has 0 saturated carbocycles. The predicted molar refractivity (Wildman–Crippen MR) is 110 cm³/mol. The molecule has 0 amide bonds. The van der Waals surface area contributed by atoms with Gasteiger partial charge >= 0.3 is 5.69 Å². The van der Waals surface area contributed by atoms with Gasteiger partial charge in [-0.2, -0.15) is 0 Å². The molecule has 0 unspecified atom stereocenters. The van der Waals surface area contributed by atoms with Crippen molar-refractivity contribution in [2.75, 3.05) is 5.75 Å². The van der Waals surface area contributed by atoms with Gasteiger partial charge in [0, 0.05) is 37.0 Å². The number of aromatic nitrogens is 6. The summed E-state index contributed by atoms with van der Waals surface area (Å²) in [4.78, 5) is 29.3. The highest BCUT2D eigenvalue weighted by Crippen LogP contribution is 2.24. The van der Waals surface area contributed by atoms with Crippen molar-refractivity contribution in [2.24, 2.45) is 14.1 Å². The van der Waals surface area contributed by atoms with Gasteiger partial charge < -0.3 is 8.98 Å². The second kappa shape index (κ2) is 7.88. The number of rotatable bonds is 6. The molecule has 0 N–H and O–H groups in total. The summed E-state index contributed by atoms with van der Waals surface area (Å²) in [6.07, 6.45) is 2.11. The van der Waals surface area contributed by atoms with Gasteiger partial charge in [-0.1, -0.05) is 23.4 Å². The first kappa shape index (κ1) is 19.5. The monoisotopic (exact) mass is 432 g/mol. The highest BCUT2D eigenvalue weighted by atomic mass is 35.5. The number of imidazole rings is 1. The first-order chi connectivity index (χ1) is 14.0. The van der Waals surface area contributed by atoms with Crippen LogP contribution in [0.5, 0.6) is 0 Å². The van der Waals surface area contributed by atoms with Crippen LogP contribution in [0.15, 0.2) is 49.8 Å². The molecular weight excluding hydrogens is 416 g/mol. The van der Waals surface area contributed by atoms with E-state index in [1.165, 1.54) is 27.2 Å². The highest BCUT2D eigenvalue weighted by molar-refractivity contribution is 7.99. The standard InChI is InChI=1S/C18H17ClN6O3S/c1-23-10-20-14-13(23)16(26)25(18(27)24(14)2)8-3-9-29-17-22-21-15(28-17)11-4-6-12(19)7-5-11/h4-7,10H,3,8-9H2,1-2H3. The van der Waals surface area contributed by atoms with E-state index in [0.717, 1.165) is 5.56 Å². The molecule has 1 aromatic carbocycles. The van der Waals surface area contributed by atoms with Crippen molar-refractivity contribution in [3.05, 3.63) is 56.5 Å². The van der Waals surface area contributed by atoms with Crippen LogP contribution in [0.4, 0.5) is 0 Å². The summed E-state index contributed by atoms with van der Waals surface area (Å²) in [5.41, 5.74) is 0.858. The van der Waals surface area contributed by atoms with Crippen molar-refractivity contribution in [1.82, 2.24) is 28.9 Å². The van der Waals surface area contributed by atoms with Gasteiger partial charge in [0.2, 0.25) is 5.89 Å². The molecule has 9 nitrogen and oxygen atoms in total. The van der Waals surface area contributed by atoms with E-state index < -0.39 is 0 Å². The lowest BCUT2D eigenvalue weighted by atomic mass is 10.2. The van der Waals surface area contributed by atoms with E-state index in [1.807, 2.05) is 0 Å². The maximum absolute atomic E-state index is 12.7. The van der Waals surface area contributed by atoms with Crippen LogP contribution in [0.3, 0.4) is 0 Å². The Labute approximate surface area is 174 Å². The van der Waals surface area contributed by atoms with E-state index in [0.29, 0.717) is 39.5 Å². The minimum Gasteiger partial charge on any atom is -0.411 e. The summed E-state index contributed by atoms with van der Waals surface area (Å²) < 4.78 is 9.89. The highest BCUT2D eigenvalue weighted by Gasteiger charge is 2.15. The second-order valence-electron chi connectivity index (χ2n) is 6.41. The van der Waals surface area contributed by atoms with Crippen LogP contribution >= 0.6 is 23.4 Å². The smallest absolute Gasteiger partial charge is 0.332 e. The normalized spacial score (nSPS) is 11.4. The van der Waals surface area contributed by atoms with Gasteiger partial charge in [0.15, 0.2) is 11.2 Å². The third-order valence-corrected chi connectivity index (χ3v) is 5.61. The number of fused-ring (bicyclic) bond motifs is 1. The van der Waals surface area contributed by atoms with E-state index in [9.17, 15) is 9.59 Å². The Morgan fingerprint density at radius 3 is 2.66 bits per heavy atom. The topological polar surface area (TPSA) is 101 Å². The number of halogens is 1. The first-order valence-electron chi connectivity index (χ1n) is 8.79. The van der Waals surface area contributed by atoms with Crippen molar-refractivity contribution in [3.63, 3.8) is 0 Å². The van der Waals surface area contributed by atoms with Crippen LogP contribution in [0.2, 0.25) is 5.02 Å². The Balaban J connectivity index is 1.43. The third kappa shape index (κ3) is 3.73. The zero-order chi connectivity index (χ0) is 20.5. The Morgan fingerprint density at radius 1 is 1.14 bits per heavy atom. The summed E-state index contributed by atoms with van der Waals surface area (Å²) >= 11 is 7.26. The van der Waals surface area contributed by atoms with Crippen molar-refractivity contribution < 1.29 is 4.42 Å². The van der Waals surface area contributed by atoms with Gasteiger partial charge in [-0.15, -0.1) is 10.2 Å². The van der Waals surface area contributed by atoms with Gasteiger partial charge in [0.05, 0.1) is 6.33 Å². The summed E-state index contributed by atoms with van der Waals surface area (Å²) in [5.74, 6) is 1.03. The van der Waals surface area contributed by atoms with E-state index in [2.05, 4.69) is 15.2 Å². The number of hydrogen-bond acceptors (Lipinski definition) is 7. The van der Waals surface area contributed by atoms with Crippen molar-refractivity contribution in [3.8, 4) is 11.5 Å². The predicted octanol–water partition coefficient (Wildman–Crippen LogP) is 2.32. The molecule has 0 saturated heterocycles. The lowest BCUT2D eigenvalue weighted by Gasteiger charge is -2.08. The van der Waals surface area contributed by atoms with Crippen LogP contribution in [0, 0.1) is 0 Å². The number of benzene rings is 1. The molecule has 0 bridgehead atoms. The summed E-state index contributed by atoms with van der Waals surface area (Å²) in [5, 5.41) is 9.11. The lowest BCUT2D eigenvalue weighted by Crippen LogP contribution is -2.39. The van der Waals surface area contributed by atoms with Crippen molar-refractivity contribution in [1.29, 1.82) is 0 Å². The Bertz CT molecular complexity index is 1290. The average molecular weight is 433 g/mol. The molecule has 11 heteroatoms. The van der Waals surface area contributed by atoms with Crippen LogP contribution < -0.4 is 11.2 Å². The molecule has 0 atom stereocenters. The fourth-order valence-corrected chi connectivity index (χ4v) is 3.76. The van der Waals surface area contributed by atoms with E-state index >= 15 is 0 Å². The lowest BCUT2D eigenvalue weighted by molar-refractivity contribution is 0.465. The van der Waals surface area contributed by atoms with Crippen LogP contribution in [0.25, 0.3) is 22.6 Å². The fourth-order valence-electron chi connectivity index (χ4n) is 2.95. The molecule has 0 spiro atoms. The molecule has 0 radical (unpaired) electrons. The molecule has 29 heavy (non-hydrogen) atoms. The van der Waals surface area contributed by atoms with Gasteiger partial charge in [0.1, 0.15) is 0 Å². The van der Waals surface area contributed by atoms with Crippen LogP contribution in [0.1, 0.15) is 6.42 Å². The number of hydrogen-bond donors (Lipinski definition) is 0. The zero-order valence-corrected chi connectivity index (χ0v) is 17.3.